The molecule has 6 heteroatoms. The summed E-state index contributed by atoms with van der Waals surface area (Å²) in [7, 11) is 0. The van der Waals surface area contributed by atoms with Crippen molar-refractivity contribution in [1.82, 2.24) is 15.5 Å². The summed E-state index contributed by atoms with van der Waals surface area (Å²) in [5, 5.41) is 5.81. The largest absolute Gasteiger partial charge is 0.352 e. The van der Waals surface area contributed by atoms with Crippen molar-refractivity contribution in [1.29, 1.82) is 0 Å². The number of hydrogen-bond donors (Lipinski definition) is 2. The van der Waals surface area contributed by atoms with Gasteiger partial charge < -0.3 is 10.6 Å². The third-order valence-electron chi connectivity index (χ3n) is 6.06. The lowest BCUT2D eigenvalue weighted by Crippen LogP contribution is -2.53. The van der Waals surface area contributed by atoms with E-state index in [0.717, 1.165) is 34.4 Å². The summed E-state index contributed by atoms with van der Waals surface area (Å²) >= 11 is 0. The van der Waals surface area contributed by atoms with Gasteiger partial charge in [-0.3, -0.25) is 9.59 Å². The van der Waals surface area contributed by atoms with Gasteiger partial charge >= 0.3 is 6.03 Å². The molecule has 0 aromatic heterocycles. The van der Waals surface area contributed by atoms with Gasteiger partial charge in [-0.25, -0.2) is 9.69 Å². The Morgan fingerprint density at radius 3 is 2.43 bits per heavy atom. The van der Waals surface area contributed by atoms with E-state index >= 15 is 0 Å². The van der Waals surface area contributed by atoms with Gasteiger partial charge in [0.2, 0.25) is 5.91 Å². The Bertz CT molecular complexity index is 955. The molecular formula is C24H27N3O3. The van der Waals surface area contributed by atoms with E-state index in [1.807, 2.05) is 68.4 Å². The van der Waals surface area contributed by atoms with Crippen LogP contribution in [0.4, 0.5) is 4.79 Å². The van der Waals surface area contributed by atoms with Gasteiger partial charge in [0.25, 0.3) is 5.91 Å². The number of imide groups is 1. The fourth-order valence-electron chi connectivity index (χ4n) is 4.08. The smallest absolute Gasteiger partial charge is 0.325 e. The molecule has 0 bridgehead atoms. The van der Waals surface area contributed by atoms with Crippen LogP contribution in [0.1, 0.15) is 42.5 Å². The molecule has 1 heterocycles. The van der Waals surface area contributed by atoms with Crippen molar-refractivity contribution in [3.63, 3.8) is 0 Å². The predicted molar refractivity (Wildman–Crippen MR) is 114 cm³/mol. The molecule has 1 saturated heterocycles. The molecule has 2 unspecified atom stereocenters. The second kappa shape index (κ2) is 8.30. The van der Waals surface area contributed by atoms with E-state index in [9.17, 15) is 14.4 Å². The van der Waals surface area contributed by atoms with E-state index in [2.05, 4.69) is 10.6 Å². The molecule has 30 heavy (non-hydrogen) atoms. The number of carbonyl (C=O) groups excluding carboxylic acids is 3. The average Bonchev–Trinajstić information content (AvgIpc) is 3.54. The zero-order valence-corrected chi connectivity index (χ0v) is 17.3. The zero-order chi connectivity index (χ0) is 21.3. The molecule has 2 fully saturated rings. The van der Waals surface area contributed by atoms with Crippen molar-refractivity contribution in [2.75, 3.05) is 0 Å². The lowest BCUT2D eigenvalue weighted by molar-refractivity contribution is -0.136. The number of nitrogens with one attached hydrogen (secondary N) is 2. The Labute approximate surface area is 176 Å². The molecule has 6 nitrogen and oxygen atoms in total. The summed E-state index contributed by atoms with van der Waals surface area (Å²) in [6, 6.07) is 14.8. The molecule has 156 valence electrons. The molecule has 2 aliphatic rings. The number of carbonyl (C=O) groups is 3. The van der Waals surface area contributed by atoms with E-state index < -0.39 is 18.1 Å². The van der Waals surface area contributed by atoms with Gasteiger partial charge in [0.05, 0.1) is 0 Å². The standard InChI is InChI=1S/C24H27N3O3/c1-15-8-6-7-11-19(15)21-23(29)27(24(30)26-21)20(14-17-9-4-3-5-10-17)22(28)25-16(2)18-12-13-18/h3-11,16,18,20-21H,12-14H2,1-2H3,(H,25,28)(H,26,30)/t16-,20?,21?/m0/s1. The summed E-state index contributed by atoms with van der Waals surface area (Å²) in [5.74, 6) is -0.189. The van der Waals surface area contributed by atoms with Crippen molar-refractivity contribution in [3.05, 3.63) is 71.3 Å². The number of benzene rings is 2. The highest BCUT2D eigenvalue weighted by Crippen LogP contribution is 2.33. The van der Waals surface area contributed by atoms with Crippen LogP contribution in [0.15, 0.2) is 54.6 Å². The van der Waals surface area contributed by atoms with Gasteiger partial charge in [-0.1, -0.05) is 54.6 Å². The second-order valence-corrected chi connectivity index (χ2v) is 8.29. The maximum Gasteiger partial charge on any atom is 0.325 e. The van der Waals surface area contributed by atoms with Crippen LogP contribution in [-0.2, 0) is 16.0 Å². The number of rotatable bonds is 7. The molecular weight excluding hydrogens is 378 g/mol. The highest BCUT2D eigenvalue weighted by atomic mass is 16.2. The minimum atomic E-state index is -0.893. The topological polar surface area (TPSA) is 78.5 Å². The first-order valence-electron chi connectivity index (χ1n) is 10.5. The monoisotopic (exact) mass is 405 g/mol. The van der Waals surface area contributed by atoms with Crippen LogP contribution in [0.2, 0.25) is 0 Å². The molecule has 1 saturated carbocycles. The zero-order valence-electron chi connectivity index (χ0n) is 17.3. The molecule has 4 amide bonds. The summed E-state index contributed by atoms with van der Waals surface area (Å²) < 4.78 is 0. The van der Waals surface area contributed by atoms with Crippen LogP contribution < -0.4 is 10.6 Å². The Morgan fingerprint density at radius 2 is 1.77 bits per heavy atom. The molecule has 4 rings (SSSR count). The Kier molecular flexibility index (Phi) is 5.57. The predicted octanol–water partition coefficient (Wildman–Crippen LogP) is 3.11. The van der Waals surface area contributed by atoms with E-state index in [1.54, 1.807) is 0 Å². The van der Waals surface area contributed by atoms with E-state index in [0.29, 0.717) is 5.92 Å². The van der Waals surface area contributed by atoms with Crippen LogP contribution in [0, 0.1) is 12.8 Å². The molecule has 0 spiro atoms. The SMILES string of the molecule is Cc1ccccc1C1NC(=O)N(C(Cc2ccccc2)C(=O)N[C@@H](C)C2CC2)C1=O. The third-order valence-corrected chi connectivity index (χ3v) is 6.06. The third kappa shape index (κ3) is 4.08. The number of urea groups is 1. The van der Waals surface area contributed by atoms with Crippen LogP contribution in [0.25, 0.3) is 0 Å². The highest BCUT2D eigenvalue weighted by Gasteiger charge is 2.46. The number of amides is 4. The van der Waals surface area contributed by atoms with Gasteiger partial charge in [-0.2, -0.15) is 0 Å². The van der Waals surface area contributed by atoms with E-state index in [4.69, 9.17) is 0 Å². The lowest BCUT2D eigenvalue weighted by Gasteiger charge is -2.26. The minimum absolute atomic E-state index is 0.0312. The van der Waals surface area contributed by atoms with Crippen LogP contribution in [0.3, 0.4) is 0 Å². The van der Waals surface area contributed by atoms with Crippen LogP contribution >= 0.6 is 0 Å². The molecule has 3 atom stereocenters. The molecule has 2 N–H and O–H groups in total. The molecule has 0 radical (unpaired) electrons. The van der Waals surface area contributed by atoms with Crippen molar-refractivity contribution < 1.29 is 14.4 Å². The first kappa shape index (κ1) is 20.1. The molecule has 2 aromatic carbocycles. The molecule has 1 aliphatic carbocycles. The number of aryl methyl sites for hydroxylation is 1. The Hall–Kier alpha value is -3.15. The number of nitrogens with zero attached hydrogens (tertiary/aromatic N) is 1. The van der Waals surface area contributed by atoms with E-state index in [-0.39, 0.29) is 24.3 Å². The van der Waals surface area contributed by atoms with Crippen molar-refractivity contribution in [3.8, 4) is 0 Å². The Morgan fingerprint density at radius 1 is 1.10 bits per heavy atom. The van der Waals surface area contributed by atoms with Crippen LogP contribution in [-0.4, -0.2) is 34.8 Å². The average molecular weight is 405 g/mol. The van der Waals surface area contributed by atoms with Crippen molar-refractivity contribution in [2.24, 2.45) is 5.92 Å². The first-order chi connectivity index (χ1) is 14.5. The maximum atomic E-state index is 13.3. The Balaban J connectivity index is 1.61. The quantitative estimate of drug-likeness (QED) is 0.695. The second-order valence-electron chi connectivity index (χ2n) is 8.29. The van der Waals surface area contributed by atoms with Crippen molar-refractivity contribution >= 4 is 17.8 Å². The first-order valence-corrected chi connectivity index (χ1v) is 10.5. The van der Waals surface area contributed by atoms with Gasteiger partial charge in [-0.15, -0.1) is 0 Å². The van der Waals surface area contributed by atoms with Crippen molar-refractivity contribution in [2.45, 2.75) is 51.2 Å². The summed E-state index contributed by atoms with van der Waals surface area (Å²) in [4.78, 5) is 40.5. The fraction of sp³-hybridized carbons (Fsp3) is 0.375. The highest BCUT2D eigenvalue weighted by molar-refractivity contribution is 6.08. The fourth-order valence-corrected chi connectivity index (χ4v) is 4.08. The lowest BCUT2D eigenvalue weighted by atomic mass is 9.99. The maximum absolute atomic E-state index is 13.3. The van der Waals surface area contributed by atoms with E-state index in [1.165, 1.54) is 0 Å². The number of hydrogen-bond acceptors (Lipinski definition) is 3. The molecule has 2 aromatic rings. The van der Waals surface area contributed by atoms with Gasteiger partial charge in [0.15, 0.2) is 0 Å². The summed E-state index contributed by atoms with van der Waals surface area (Å²) in [6.07, 6.45) is 2.48. The normalized spacial score (nSPS) is 20.6. The van der Waals surface area contributed by atoms with Gasteiger partial charge in [0.1, 0.15) is 12.1 Å². The van der Waals surface area contributed by atoms with Crippen LogP contribution in [0.5, 0.6) is 0 Å². The molecule has 1 aliphatic heterocycles. The minimum Gasteiger partial charge on any atom is -0.352 e. The summed E-state index contributed by atoms with van der Waals surface area (Å²) in [5.41, 5.74) is 2.57. The van der Waals surface area contributed by atoms with Gasteiger partial charge in [-0.05, 0) is 49.3 Å². The summed E-state index contributed by atoms with van der Waals surface area (Å²) in [6.45, 7) is 3.89. The van der Waals surface area contributed by atoms with Gasteiger partial charge in [0, 0.05) is 12.5 Å².